The highest BCUT2D eigenvalue weighted by Gasteiger charge is 2.45. The molecular formula is C14H26N2O2S. The zero-order valence-corrected chi connectivity index (χ0v) is 13.5. The summed E-state index contributed by atoms with van der Waals surface area (Å²) in [5, 5.41) is 3.74. The van der Waals surface area contributed by atoms with Crippen LogP contribution in [0.5, 0.6) is 0 Å². The maximum atomic E-state index is 12.0. The van der Waals surface area contributed by atoms with Gasteiger partial charge in [-0.25, -0.2) is 4.79 Å². The van der Waals surface area contributed by atoms with Crippen LogP contribution in [0, 0.1) is 0 Å². The van der Waals surface area contributed by atoms with Crippen LogP contribution in [0.2, 0.25) is 0 Å². The maximum absolute atomic E-state index is 12.0. The van der Waals surface area contributed by atoms with Crippen molar-refractivity contribution in [2.24, 2.45) is 0 Å². The molecule has 0 bridgehead atoms. The average Bonchev–Trinajstić information content (AvgIpc) is 2.53. The summed E-state index contributed by atoms with van der Waals surface area (Å²) in [5.41, 5.74) is -0.201. The molecule has 2 saturated heterocycles. The molecule has 19 heavy (non-hydrogen) atoms. The molecule has 1 N–H and O–H groups in total. The third-order valence-electron chi connectivity index (χ3n) is 3.50. The fourth-order valence-electron chi connectivity index (χ4n) is 2.65. The van der Waals surface area contributed by atoms with Gasteiger partial charge in [0.05, 0.1) is 4.87 Å². The van der Waals surface area contributed by atoms with E-state index < -0.39 is 5.60 Å². The van der Waals surface area contributed by atoms with Crippen LogP contribution in [-0.4, -0.2) is 45.8 Å². The molecule has 2 heterocycles. The molecule has 1 amide bonds. The van der Waals surface area contributed by atoms with E-state index in [2.05, 4.69) is 19.2 Å². The van der Waals surface area contributed by atoms with Gasteiger partial charge in [0.2, 0.25) is 0 Å². The van der Waals surface area contributed by atoms with Crippen molar-refractivity contribution >= 4 is 17.9 Å². The summed E-state index contributed by atoms with van der Waals surface area (Å²) in [6.45, 7) is 11.8. The van der Waals surface area contributed by atoms with E-state index in [0.717, 1.165) is 31.7 Å². The molecule has 0 aliphatic carbocycles. The molecule has 0 aromatic carbocycles. The first-order valence-corrected chi connectivity index (χ1v) is 8.01. The van der Waals surface area contributed by atoms with E-state index in [0.29, 0.717) is 0 Å². The van der Waals surface area contributed by atoms with Crippen molar-refractivity contribution in [1.29, 1.82) is 0 Å². The molecule has 2 rings (SSSR count). The van der Waals surface area contributed by atoms with Crippen LogP contribution in [0.1, 0.15) is 47.5 Å². The van der Waals surface area contributed by atoms with Crippen molar-refractivity contribution < 1.29 is 9.53 Å². The number of rotatable bonds is 0. The Labute approximate surface area is 120 Å². The van der Waals surface area contributed by atoms with Crippen LogP contribution in [0.15, 0.2) is 0 Å². The van der Waals surface area contributed by atoms with Crippen molar-refractivity contribution in [3.63, 3.8) is 0 Å². The van der Waals surface area contributed by atoms with Crippen molar-refractivity contribution in [1.82, 2.24) is 10.2 Å². The second-order valence-electron chi connectivity index (χ2n) is 7.26. The molecule has 110 valence electrons. The van der Waals surface area contributed by atoms with E-state index in [-0.39, 0.29) is 16.5 Å². The zero-order valence-electron chi connectivity index (χ0n) is 12.7. The Bertz CT molecular complexity index is 355. The van der Waals surface area contributed by atoms with E-state index in [1.54, 1.807) is 0 Å². The van der Waals surface area contributed by atoms with Gasteiger partial charge in [0.25, 0.3) is 0 Å². The van der Waals surface area contributed by atoms with Crippen LogP contribution < -0.4 is 5.32 Å². The lowest BCUT2D eigenvalue weighted by Gasteiger charge is -2.40. The summed E-state index contributed by atoms with van der Waals surface area (Å²) in [6.07, 6.45) is 1.82. The van der Waals surface area contributed by atoms with Gasteiger partial charge in [-0.15, -0.1) is 11.8 Å². The minimum Gasteiger partial charge on any atom is -0.444 e. The monoisotopic (exact) mass is 286 g/mol. The predicted molar refractivity (Wildman–Crippen MR) is 79.4 cm³/mol. The van der Waals surface area contributed by atoms with Crippen LogP contribution >= 0.6 is 11.8 Å². The number of amides is 1. The van der Waals surface area contributed by atoms with Gasteiger partial charge in [-0.05, 0) is 47.5 Å². The number of hydrogen-bond donors (Lipinski definition) is 1. The maximum Gasteiger partial charge on any atom is 0.410 e. The first-order chi connectivity index (χ1) is 8.61. The minimum absolute atomic E-state index is 0.169. The number of carbonyl (C=O) groups excluding carboxylic acids is 1. The Balaban J connectivity index is 1.88. The van der Waals surface area contributed by atoms with Crippen molar-refractivity contribution in [3.8, 4) is 0 Å². The van der Waals surface area contributed by atoms with E-state index in [1.807, 2.05) is 37.4 Å². The van der Waals surface area contributed by atoms with E-state index in [4.69, 9.17) is 4.74 Å². The van der Waals surface area contributed by atoms with Gasteiger partial charge in [0.1, 0.15) is 5.60 Å². The number of hydrogen-bond acceptors (Lipinski definition) is 4. The first-order valence-electron chi connectivity index (χ1n) is 7.02. The zero-order chi connectivity index (χ0) is 14.3. The quantitative estimate of drug-likeness (QED) is 0.743. The van der Waals surface area contributed by atoms with E-state index >= 15 is 0 Å². The summed E-state index contributed by atoms with van der Waals surface area (Å²) >= 11 is 2.01. The molecule has 0 atom stereocenters. The smallest absolute Gasteiger partial charge is 0.410 e. The number of nitrogens with zero attached hydrogens (tertiary/aromatic N) is 1. The molecule has 2 aliphatic rings. The molecule has 2 aliphatic heterocycles. The lowest BCUT2D eigenvalue weighted by molar-refractivity contribution is 0.0185. The third-order valence-corrected chi connectivity index (χ3v) is 5.43. The number of piperidine rings is 1. The summed E-state index contributed by atoms with van der Waals surface area (Å²) in [4.78, 5) is 14.0. The van der Waals surface area contributed by atoms with Crippen molar-refractivity contribution in [3.05, 3.63) is 0 Å². The van der Waals surface area contributed by atoms with Crippen molar-refractivity contribution in [2.75, 3.05) is 18.8 Å². The molecule has 2 fully saturated rings. The highest BCUT2D eigenvalue weighted by Crippen LogP contribution is 2.42. The molecular weight excluding hydrogens is 260 g/mol. The van der Waals surface area contributed by atoms with Gasteiger partial charge >= 0.3 is 6.09 Å². The summed E-state index contributed by atoms with van der Waals surface area (Å²) in [7, 11) is 0. The standard InChI is InChI=1S/C14H26N2O2S/c1-12(2,3)18-11(17)16-8-6-14(7-9-16)15-13(4,5)10-19-14/h15H,6-10H2,1-5H3. The second kappa shape index (κ2) is 4.85. The predicted octanol–water partition coefficient (Wildman–Crippen LogP) is 2.83. The van der Waals surface area contributed by atoms with Gasteiger partial charge < -0.3 is 9.64 Å². The first kappa shape index (κ1) is 15.0. The molecule has 1 spiro atoms. The molecule has 0 aromatic heterocycles. The van der Waals surface area contributed by atoms with Crippen LogP contribution in [0.3, 0.4) is 0 Å². The number of ether oxygens (including phenoxy) is 1. The van der Waals surface area contributed by atoms with Crippen LogP contribution in [-0.2, 0) is 4.74 Å². The fraction of sp³-hybridized carbons (Fsp3) is 0.929. The Morgan fingerprint density at radius 1 is 1.26 bits per heavy atom. The number of carbonyl (C=O) groups is 1. The SMILES string of the molecule is CC1(C)CSC2(CCN(C(=O)OC(C)(C)C)CC2)N1. The molecule has 5 heteroatoms. The van der Waals surface area contributed by atoms with Gasteiger partial charge in [0.15, 0.2) is 0 Å². The summed E-state index contributed by atoms with van der Waals surface area (Å²) in [5.74, 6) is 1.14. The molecule has 0 unspecified atom stereocenters. The Kier molecular flexibility index (Phi) is 3.82. The van der Waals surface area contributed by atoms with Gasteiger partial charge in [-0.3, -0.25) is 5.32 Å². The second-order valence-corrected chi connectivity index (χ2v) is 8.62. The van der Waals surface area contributed by atoms with E-state index in [1.165, 1.54) is 0 Å². The highest BCUT2D eigenvalue weighted by atomic mass is 32.2. The fourth-order valence-corrected chi connectivity index (χ4v) is 4.18. The summed E-state index contributed by atoms with van der Waals surface area (Å²) in [6, 6.07) is 0. The van der Waals surface area contributed by atoms with Crippen molar-refractivity contribution in [2.45, 2.75) is 63.5 Å². The largest absolute Gasteiger partial charge is 0.444 e. The molecule has 0 saturated carbocycles. The number of thioether (sulfide) groups is 1. The lowest BCUT2D eigenvalue weighted by Crippen LogP contribution is -2.54. The minimum atomic E-state index is -0.408. The average molecular weight is 286 g/mol. The Morgan fingerprint density at radius 2 is 1.84 bits per heavy atom. The van der Waals surface area contributed by atoms with Gasteiger partial charge in [0, 0.05) is 24.4 Å². The van der Waals surface area contributed by atoms with Gasteiger partial charge in [-0.1, -0.05) is 0 Å². The van der Waals surface area contributed by atoms with Crippen LogP contribution in [0.4, 0.5) is 4.79 Å². The Morgan fingerprint density at radius 3 is 2.26 bits per heavy atom. The highest BCUT2D eigenvalue weighted by molar-refractivity contribution is 8.01. The molecule has 4 nitrogen and oxygen atoms in total. The topological polar surface area (TPSA) is 41.6 Å². The third kappa shape index (κ3) is 3.78. The number of nitrogens with one attached hydrogen (secondary N) is 1. The molecule has 0 aromatic rings. The Hall–Kier alpha value is -0.420. The van der Waals surface area contributed by atoms with E-state index in [9.17, 15) is 4.79 Å². The van der Waals surface area contributed by atoms with Gasteiger partial charge in [-0.2, -0.15) is 0 Å². The van der Waals surface area contributed by atoms with Crippen LogP contribution in [0.25, 0.3) is 0 Å². The lowest BCUT2D eigenvalue weighted by atomic mass is 10.00. The summed E-state index contributed by atoms with van der Waals surface area (Å²) < 4.78 is 5.43. The normalized spacial score (nSPS) is 25.6. The number of likely N-dealkylation sites (tertiary alicyclic amines) is 1. The molecule has 0 radical (unpaired) electrons.